The van der Waals surface area contributed by atoms with Crippen LogP contribution in [0.3, 0.4) is 0 Å². The molecule has 1 aromatic carbocycles. The number of hydrogen-bond acceptors (Lipinski definition) is 4. The number of rotatable bonds is 5. The van der Waals surface area contributed by atoms with E-state index in [0.29, 0.717) is 6.54 Å². The number of aromatic nitrogens is 3. The van der Waals surface area contributed by atoms with Gasteiger partial charge >= 0.3 is 5.97 Å². The number of nitrogens with zero attached hydrogens (tertiary/aromatic N) is 3. The van der Waals surface area contributed by atoms with E-state index in [1.165, 1.54) is 17.3 Å². The number of aryl methyl sites for hydroxylation is 1. The molecule has 0 radical (unpaired) electrons. The highest BCUT2D eigenvalue weighted by atomic mass is 19.1. The Kier molecular flexibility index (Phi) is 4.04. The van der Waals surface area contributed by atoms with Crippen molar-refractivity contribution in [3.8, 4) is 0 Å². The largest absolute Gasteiger partial charge is 0.478 e. The van der Waals surface area contributed by atoms with E-state index in [9.17, 15) is 14.0 Å². The maximum atomic E-state index is 13.1. The summed E-state index contributed by atoms with van der Waals surface area (Å²) in [5.41, 5.74) is -0.235. The van der Waals surface area contributed by atoms with Crippen molar-refractivity contribution < 1.29 is 19.1 Å². The van der Waals surface area contributed by atoms with Crippen molar-refractivity contribution in [3.63, 3.8) is 0 Å². The Bertz CT molecular complexity index is 628. The Morgan fingerprint density at radius 3 is 2.85 bits per heavy atom. The third-order valence-electron chi connectivity index (χ3n) is 2.52. The van der Waals surface area contributed by atoms with E-state index in [1.54, 1.807) is 0 Å². The summed E-state index contributed by atoms with van der Waals surface area (Å²) in [6.45, 7) is 0.295. The molecule has 8 heteroatoms. The highest BCUT2D eigenvalue weighted by Gasteiger charge is 2.13. The second kappa shape index (κ2) is 5.91. The molecule has 20 heavy (non-hydrogen) atoms. The molecule has 0 aliphatic heterocycles. The van der Waals surface area contributed by atoms with Crippen molar-refractivity contribution in [2.75, 3.05) is 5.32 Å². The number of amides is 1. The molecule has 1 aromatic heterocycles. The highest BCUT2D eigenvalue weighted by molar-refractivity contribution is 6.00. The van der Waals surface area contributed by atoms with Gasteiger partial charge in [0.15, 0.2) is 0 Å². The minimum atomic E-state index is -1.24. The molecule has 0 saturated heterocycles. The molecule has 0 aliphatic carbocycles. The summed E-state index contributed by atoms with van der Waals surface area (Å²) in [6.07, 6.45) is 2.87. The molecular weight excluding hydrogens is 267 g/mol. The zero-order chi connectivity index (χ0) is 14.5. The molecule has 0 aliphatic rings. The molecule has 1 amide bonds. The molecule has 2 aromatic rings. The first-order valence-corrected chi connectivity index (χ1v) is 5.71. The summed E-state index contributed by atoms with van der Waals surface area (Å²) < 4.78 is 14.6. The lowest BCUT2D eigenvalue weighted by Crippen LogP contribution is -2.17. The van der Waals surface area contributed by atoms with Crippen LogP contribution < -0.4 is 5.32 Å². The molecular formula is C12H11FN4O3. The molecule has 0 atom stereocenters. The van der Waals surface area contributed by atoms with Gasteiger partial charge < -0.3 is 10.4 Å². The van der Waals surface area contributed by atoms with E-state index in [-0.39, 0.29) is 17.7 Å². The van der Waals surface area contributed by atoms with Crippen molar-refractivity contribution in [2.45, 2.75) is 13.0 Å². The Hall–Kier alpha value is -2.77. The summed E-state index contributed by atoms with van der Waals surface area (Å²) in [5, 5.41) is 15.2. The van der Waals surface area contributed by atoms with E-state index >= 15 is 0 Å². The van der Waals surface area contributed by atoms with Crippen LogP contribution >= 0.6 is 0 Å². The standard InChI is InChI=1S/C12H11FN4O3/c13-8-1-2-9(12(19)20)10(5-8)16-11(18)3-4-17-7-14-6-15-17/h1-2,5-7H,3-4H2,(H,16,18)(H,19,20). The van der Waals surface area contributed by atoms with Crippen molar-refractivity contribution >= 4 is 17.6 Å². The fourth-order valence-corrected chi connectivity index (χ4v) is 1.58. The summed E-state index contributed by atoms with van der Waals surface area (Å²) in [6, 6.07) is 3.09. The zero-order valence-corrected chi connectivity index (χ0v) is 10.3. The predicted octanol–water partition coefficient (Wildman–Crippen LogP) is 1.14. The molecule has 2 N–H and O–H groups in total. The molecule has 7 nitrogen and oxygen atoms in total. The van der Waals surface area contributed by atoms with E-state index in [1.807, 2.05) is 0 Å². The summed E-state index contributed by atoms with van der Waals surface area (Å²) in [5.74, 6) is -2.30. The van der Waals surface area contributed by atoms with E-state index in [2.05, 4.69) is 15.4 Å². The van der Waals surface area contributed by atoms with Crippen LogP contribution in [-0.4, -0.2) is 31.7 Å². The van der Waals surface area contributed by atoms with Crippen molar-refractivity contribution in [1.82, 2.24) is 14.8 Å². The monoisotopic (exact) mass is 278 g/mol. The lowest BCUT2D eigenvalue weighted by atomic mass is 10.1. The highest BCUT2D eigenvalue weighted by Crippen LogP contribution is 2.17. The second-order valence-corrected chi connectivity index (χ2v) is 3.95. The number of halogens is 1. The van der Waals surface area contributed by atoms with Gasteiger partial charge in [0.25, 0.3) is 0 Å². The molecule has 0 bridgehead atoms. The molecule has 0 unspecified atom stereocenters. The van der Waals surface area contributed by atoms with Crippen LogP contribution in [0, 0.1) is 5.82 Å². The number of nitrogens with one attached hydrogen (secondary N) is 1. The second-order valence-electron chi connectivity index (χ2n) is 3.95. The average molecular weight is 278 g/mol. The lowest BCUT2D eigenvalue weighted by molar-refractivity contribution is -0.116. The number of carbonyl (C=O) groups is 2. The first-order chi connectivity index (χ1) is 9.56. The summed E-state index contributed by atoms with van der Waals surface area (Å²) in [4.78, 5) is 26.4. The van der Waals surface area contributed by atoms with Crippen molar-refractivity contribution in [2.24, 2.45) is 0 Å². The summed E-state index contributed by atoms with van der Waals surface area (Å²) >= 11 is 0. The zero-order valence-electron chi connectivity index (χ0n) is 10.3. The van der Waals surface area contributed by atoms with Crippen LogP contribution in [0.1, 0.15) is 16.8 Å². The van der Waals surface area contributed by atoms with Gasteiger partial charge in [-0.1, -0.05) is 0 Å². The first-order valence-electron chi connectivity index (χ1n) is 5.71. The predicted molar refractivity (Wildman–Crippen MR) is 66.6 cm³/mol. The lowest BCUT2D eigenvalue weighted by Gasteiger charge is -2.08. The fourth-order valence-electron chi connectivity index (χ4n) is 1.58. The SMILES string of the molecule is O=C(CCn1cncn1)Nc1cc(F)ccc1C(=O)O. The van der Waals surface area contributed by atoms with Crippen LogP contribution in [0.2, 0.25) is 0 Å². The number of hydrogen-bond donors (Lipinski definition) is 2. The number of carboxylic acids is 1. The minimum Gasteiger partial charge on any atom is -0.478 e. The van der Waals surface area contributed by atoms with Gasteiger partial charge in [0.05, 0.1) is 17.8 Å². The maximum absolute atomic E-state index is 13.1. The number of carbonyl (C=O) groups excluding carboxylic acids is 1. The van der Waals surface area contributed by atoms with Gasteiger partial charge in [-0.15, -0.1) is 0 Å². The molecule has 1 heterocycles. The summed E-state index contributed by atoms with van der Waals surface area (Å²) in [7, 11) is 0. The van der Waals surface area contributed by atoms with Gasteiger partial charge in [0.2, 0.25) is 5.91 Å². The van der Waals surface area contributed by atoms with Gasteiger partial charge in [-0.25, -0.2) is 14.2 Å². The number of carboxylic acid groups (broad SMARTS) is 1. The molecule has 0 fully saturated rings. The van der Waals surface area contributed by atoms with E-state index < -0.39 is 17.7 Å². The Labute approximate surface area is 113 Å². The average Bonchev–Trinajstić information content (AvgIpc) is 2.89. The molecule has 0 spiro atoms. The van der Waals surface area contributed by atoms with Crippen LogP contribution in [0.4, 0.5) is 10.1 Å². The number of aromatic carboxylic acids is 1. The quantitative estimate of drug-likeness (QED) is 0.854. The first kappa shape index (κ1) is 13.7. The molecule has 2 rings (SSSR count). The fraction of sp³-hybridized carbons (Fsp3) is 0.167. The Morgan fingerprint density at radius 1 is 1.40 bits per heavy atom. The van der Waals surface area contributed by atoms with Gasteiger partial charge in [-0.3, -0.25) is 9.48 Å². The van der Waals surface area contributed by atoms with Gasteiger partial charge in [0, 0.05) is 6.42 Å². The Morgan fingerprint density at radius 2 is 2.20 bits per heavy atom. The van der Waals surface area contributed by atoms with Gasteiger partial charge in [-0.05, 0) is 18.2 Å². The molecule has 104 valence electrons. The van der Waals surface area contributed by atoms with E-state index in [4.69, 9.17) is 5.11 Å². The smallest absolute Gasteiger partial charge is 0.337 e. The normalized spacial score (nSPS) is 10.2. The van der Waals surface area contributed by atoms with E-state index in [0.717, 1.165) is 18.2 Å². The molecule has 0 saturated carbocycles. The van der Waals surface area contributed by atoms with Crippen molar-refractivity contribution in [3.05, 3.63) is 42.2 Å². The van der Waals surface area contributed by atoms with Gasteiger partial charge in [0.1, 0.15) is 18.5 Å². The van der Waals surface area contributed by atoms with Crippen LogP contribution in [-0.2, 0) is 11.3 Å². The maximum Gasteiger partial charge on any atom is 0.337 e. The minimum absolute atomic E-state index is 0.0684. The van der Waals surface area contributed by atoms with Gasteiger partial charge in [-0.2, -0.15) is 5.10 Å². The topological polar surface area (TPSA) is 97.1 Å². The van der Waals surface area contributed by atoms with Crippen molar-refractivity contribution in [1.29, 1.82) is 0 Å². The third kappa shape index (κ3) is 3.37. The third-order valence-corrected chi connectivity index (χ3v) is 2.52. The van der Waals surface area contributed by atoms with Crippen LogP contribution in [0.15, 0.2) is 30.9 Å². The Balaban J connectivity index is 2.03. The van der Waals surface area contributed by atoms with Crippen LogP contribution in [0.25, 0.3) is 0 Å². The van der Waals surface area contributed by atoms with Crippen LogP contribution in [0.5, 0.6) is 0 Å². The number of benzene rings is 1. The number of anilines is 1.